The zero-order valence-corrected chi connectivity index (χ0v) is 13.2. The third kappa shape index (κ3) is 3.21. The van der Waals surface area contributed by atoms with Crippen molar-refractivity contribution in [2.75, 3.05) is 11.9 Å². The molecule has 0 saturated heterocycles. The monoisotopic (exact) mass is 326 g/mol. The van der Waals surface area contributed by atoms with Crippen LogP contribution in [0, 0.1) is 6.92 Å². The van der Waals surface area contributed by atoms with Crippen LogP contribution in [0.3, 0.4) is 0 Å². The van der Waals surface area contributed by atoms with Gasteiger partial charge in [-0.05, 0) is 30.2 Å². The van der Waals surface area contributed by atoms with Gasteiger partial charge in [-0.2, -0.15) is 0 Å². The number of pyridine rings is 1. The number of carbonyl (C=O) groups is 2. The van der Waals surface area contributed by atoms with Gasteiger partial charge in [-0.15, -0.1) is 0 Å². The van der Waals surface area contributed by atoms with Crippen LogP contribution in [0.5, 0.6) is 0 Å². The van der Waals surface area contributed by atoms with Crippen molar-refractivity contribution in [3.63, 3.8) is 0 Å². The van der Waals surface area contributed by atoms with Gasteiger partial charge in [-0.25, -0.2) is 15.3 Å². The number of aryl methyl sites for hydroxylation is 1. The summed E-state index contributed by atoms with van der Waals surface area (Å²) in [5.41, 5.74) is 5.20. The number of carbonyl (C=O) groups excluding carboxylic acids is 2. The van der Waals surface area contributed by atoms with Crippen LogP contribution < -0.4 is 10.8 Å². The van der Waals surface area contributed by atoms with E-state index < -0.39 is 5.91 Å². The van der Waals surface area contributed by atoms with E-state index in [1.54, 1.807) is 16.4 Å². The fraction of sp³-hybridized carbons (Fsp3) is 0.235. The number of aromatic nitrogens is 1. The van der Waals surface area contributed by atoms with Gasteiger partial charge >= 0.3 is 6.03 Å². The van der Waals surface area contributed by atoms with Crippen molar-refractivity contribution in [3.8, 4) is 0 Å². The first-order valence-electron chi connectivity index (χ1n) is 7.63. The number of fused-ring (bicyclic) bond motifs is 1. The fourth-order valence-corrected chi connectivity index (χ4v) is 2.68. The van der Waals surface area contributed by atoms with Crippen LogP contribution in [-0.4, -0.2) is 33.6 Å². The van der Waals surface area contributed by atoms with E-state index in [9.17, 15) is 9.59 Å². The first-order valence-corrected chi connectivity index (χ1v) is 7.63. The van der Waals surface area contributed by atoms with Crippen LogP contribution in [0.1, 0.15) is 27.3 Å². The van der Waals surface area contributed by atoms with Gasteiger partial charge in [-0.3, -0.25) is 10.0 Å². The van der Waals surface area contributed by atoms with Crippen molar-refractivity contribution in [2.24, 2.45) is 0 Å². The maximum atomic E-state index is 12.4. The molecule has 0 atom stereocenters. The Bertz CT molecular complexity index is 791. The van der Waals surface area contributed by atoms with Crippen LogP contribution in [0.2, 0.25) is 0 Å². The van der Waals surface area contributed by atoms with Gasteiger partial charge in [0.25, 0.3) is 5.91 Å². The minimum atomic E-state index is -0.641. The fourth-order valence-electron chi connectivity index (χ4n) is 2.68. The number of hydrogen-bond acceptors (Lipinski definition) is 4. The lowest BCUT2D eigenvalue weighted by Crippen LogP contribution is -2.39. The molecule has 2 heterocycles. The average molecular weight is 326 g/mol. The molecule has 0 fully saturated rings. The molecule has 0 spiro atoms. The molecule has 2 aromatic rings. The van der Waals surface area contributed by atoms with Gasteiger partial charge in [-0.1, -0.05) is 24.3 Å². The van der Waals surface area contributed by atoms with Crippen molar-refractivity contribution >= 4 is 17.6 Å². The van der Waals surface area contributed by atoms with E-state index >= 15 is 0 Å². The molecule has 1 aliphatic heterocycles. The summed E-state index contributed by atoms with van der Waals surface area (Å²) in [5, 5.41) is 11.6. The molecule has 3 rings (SSSR count). The first kappa shape index (κ1) is 15.9. The largest absolute Gasteiger partial charge is 0.322 e. The summed E-state index contributed by atoms with van der Waals surface area (Å²) in [5.74, 6) is -0.641. The van der Waals surface area contributed by atoms with Crippen LogP contribution in [0.4, 0.5) is 10.5 Å². The van der Waals surface area contributed by atoms with Crippen LogP contribution in [0.25, 0.3) is 0 Å². The van der Waals surface area contributed by atoms with Crippen molar-refractivity contribution in [2.45, 2.75) is 19.9 Å². The number of hydroxylamine groups is 1. The highest BCUT2D eigenvalue weighted by atomic mass is 16.5. The molecular weight excluding hydrogens is 308 g/mol. The molecule has 0 aliphatic carbocycles. The number of benzene rings is 1. The Morgan fingerprint density at radius 3 is 2.75 bits per heavy atom. The maximum absolute atomic E-state index is 12.4. The Kier molecular flexibility index (Phi) is 4.43. The molecule has 7 heteroatoms. The normalized spacial score (nSPS) is 13.2. The van der Waals surface area contributed by atoms with Crippen molar-refractivity contribution in [1.29, 1.82) is 0 Å². The number of rotatable bonds is 2. The van der Waals surface area contributed by atoms with E-state index in [1.165, 1.54) is 6.07 Å². The number of nitrogens with zero attached hydrogens (tertiary/aromatic N) is 2. The summed E-state index contributed by atoms with van der Waals surface area (Å²) >= 11 is 0. The number of anilines is 1. The van der Waals surface area contributed by atoms with Crippen LogP contribution >= 0.6 is 0 Å². The Balaban J connectivity index is 1.72. The molecule has 0 radical (unpaired) electrons. The molecular formula is C17H18N4O3. The molecule has 7 nitrogen and oxygen atoms in total. The van der Waals surface area contributed by atoms with Crippen LogP contribution in [0.15, 0.2) is 36.4 Å². The average Bonchev–Trinajstić information content (AvgIpc) is 2.62. The predicted molar refractivity (Wildman–Crippen MR) is 87.8 cm³/mol. The van der Waals surface area contributed by atoms with E-state index in [2.05, 4.69) is 10.3 Å². The second kappa shape index (κ2) is 6.67. The number of para-hydroxylation sites is 1. The maximum Gasteiger partial charge on any atom is 0.322 e. The molecule has 3 amide bonds. The molecule has 0 bridgehead atoms. The van der Waals surface area contributed by atoms with E-state index in [0.717, 1.165) is 22.5 Å². The van der Waals surface area contributed by atoms with Gasteiger partial charge in [0.05, 0.1) is 0 Å². The van der Waals surface area contributed by atoms with Crippen LogP contribution in [-0.2, 0) is 13.0 Å². The number of hydrogen-bond donors (Lipinski definition) is 3. The highest BCUT2D eigenvalue weighted by molar-refractivity contribution is 5.92. The first-order chi connectivity index (χ1) is 11.6. The van der Waals surface area contributed by atoms with Crippen molar-refractivity contribution < 1.29 is 14.8 Å². The molecule has 3 N–H and O–H groups in total. The zero-order chi connectivity index (χ0) is 17.1. The third-order valence-corrected chi connectivity index (χ3v) is 4.06. The number of nitrogens with one attached hydrogen (secondary N) is 2. The van der Waals surface area contributed by atoms with E-state index in [0.29, 0.717) is 19.5 Å². The molecule has 1 aromatic carbocycles. The van der Waals surface area contributed by atoms with E-state index in [1.807, 2.05) is 31.2 Å². The summed E-state index contributed by atoms with van der Waals surface area (Å²) in [6, 6.07) is 10.8. The molecule has 0 unspecified atom stereocenters. The second-order valence-corrected chi connectivity index (χ2v) is 5.66. The minimum Gasteiger partial charge on any atom is -0.320 e. The highest BCUT2D eigenvalue weighted by Crippen LogP contribution is 2.20. The van der Waals surface area contributed by atoms with Gasteiger partial charge < -0.3 is 10.2 Å². The topological polar surface area (TPSA) is 94.6 Å². The third-order valence-electron chi connectivity index (χ3n) is 4.06. The highest BCUT2D eigenvalue weighted by Gasteiger charge is 2.23. The number of urea groups is 1. The van der Waals surface area contributed by atoms with E-state index in [4.69, 9.17) is 5.21 Å². The smallest absolute Gasteiger partial charge is 0.320 e. The molecule has 124 valence electrons. The second-order valence-electron chi connectivity index (χ2n) is 5.66. The molecule has 1 aromatic heterocycles. The lowest BCUT2D eigenvalue weighted by atomic mass is 10.1. The van der Waals surface area contributed by atoms with Gasteiger partial charge in [0, 0.05) is 30.9 Å². The summed E-state index contributed by atoms with van der Waals surface area (Å²) < 4.78 is 0. The quantitative estimate of drug-likeness (QED) is 0.582. The molecule has 0 saturated carbocycles. The molecule has 24 heavy (non-hydrogen) atoms. The summed E-state index contributed by atoms with van der Waals surface area (Å²) in [6.45, 7) is 2.89. The summed E-state index contributed by atoms with van der Waals surface area (Å²) in [6.07, 6.45) is 0.559. The number of amides is 3. The Morgan fingerprint density at radius 1 is 1.21 bits per heavy atom. The van der Waals surface area contributed by atoms with Gasteiger partial charge in [0.2, 0.25) is 0 Å². The molecule has 1 aliphatic rings. The van der Waals surface area contributed by atoms with Crippen molar-refractivity contribution in [1.82, 2.24) is 15.4 Å². The SMILES string of the molecule is Cc1ccccc1NC(=O)N1CCc2nc(C(=O)NO)ccc2C1. The lowest BCUT2D eigenvalue weighted by molar-refractivity contribution is 0.0700. The van der Waals surface area contributed by atoms with Crippen molar-refractivity contribution in [3.05, 3.63) is 58.9 Å². The van der Waals surface area contributed by atoms with E-state index in [-0.39, 0.29) is 11.7 Å². The predicted octanol–water partition coefficient (Wildman–Crippen LogP) is 2.10. The van der Waals surface area contributed by atoms with Gasteiger partial charge in [0.1, 0.15) is 5.69 Å². The lowest BCUT2D eigenvalue weighted by Gasteiger charge is -2.28. The zero-order valence-electron chi connectivity index (χ0n) is 13.2. The Morgan fingerprint density at radius 2 is 2.00 bits per heavy atom. The van der Waals surface area contributed by atoms with Gasteiger partial charge in [0.15, 0.2) is 0 Å². The summed E-state index contributed by atoms with van der Waals surface area (Å²) in [4.78, 5) is 29.8. The minimum absolute atomic E-state index is 0.160. The standard InChI is InChI=1S/C17H18N4O3/c1-11-4-2-3-5-13(11)19-17(23)21-9-8-14-12(10-21)6-7-15(18-14)16(22)20-24/h2-7,24H,8-10H2,1H3,(H,19,23)(H,20,22). The summed E-state index contributed by atoms with van der Waals surface area (Å²) in [7, 11) is 0. The Hall–Kier alpha value is -2.93. The Labute approximate surface area is 139 Å².